The number of nitrogens with zero attached hydrogens (tertiary/aromatic N) is 2. The third kappa shape index (κ3) is 1.91. The summed E-state index contributed by atoms with van der Waals surface area (Å²) in [5.74, 6) is -0.247. The van der Waals surface area contributed by atoms with Crippen molar-refractivity contribution in [3.63, 3.8) is 0 Å². The SMILES string of the molecule is Cc1ccc(-c2ccc(C#N)cn2)cc1F. The number of hydrogen-bond acceptors (Lipinski definition) is 2. The number of halogens is 1. The second-order valence-electron chi connectivity index (χ2n) is 3.51. The van der Waals surface area contributed by atoms with E-state index in [9.17, 15) is 4.39 Å². The van der Waals surface area contributed by atoms with Gasteiger partial charge < -0.3 is 0 Å². The zero-order valence-corrected chi connectivity index (χ0v) is 8.74. The Morgan fingerprint density at radius 1 is 1.25 bits per heavy atom. The standard InChI is InChI=1S/C13H9FN2/c1-9-2-4-11(6-12(9)14)13-5-3-10(7-15)8-16-13/h2-6,8H,1H3. The van der Waals surface area contributed by atoms with E-state index in [0.29, 0.717) is 22.4 Å². The maximum Gasteiger partial charge on any atom is 0.126 e. The summed E-state index contributed by atoms with van der Waals surface area (Å²) in [5, 5.41) is 8.63. The molecule has 78 valence electrons. The fourth-order valence-electron chi connectivity index (χ4n) is 1.38. The van der Waals surface area contributed by atoms with Crippen LogP contribution in [0.1, 0.15) is 11.1 Å². The van der Waals surface area contributed by atoms with Crippen molar-refractivity contribution in [2.24, 2.45) is 0 Å². The lowest BCUT2D eigenvalue weighted by atomic mass is 10.1. The second kappa shape index (κ2) is 4.11. The van der Waals surface area contributed by atoms with Crippen molar-refractivity contribution < 1.29 is 4.39 Å². The Balaban J connectivity index is 2.43. The van der Waals surface area contributed by atoms with Crippen LogP contribution in [0.5, 0.6) is 0 Å². The Hall–Kier alpha value is -2.21. The number of pyridine rings is 1. The van der Waals surface area contributed by atoms with Crippen LogP contribution < -0.4 is 0 Å². The highest BCUT2D eigenvalue weighted by atomic mass is 19.1. The van der Waals surface area contributed by atoms with E-state index in [1.165, 1.54) is 12.3 Å². The van der Waals surface area contributed by atoms with Gasteiger partial charge in [0.05, 0.1) is 11.3 Å². The van der Waals surface area contributed by atoms with Crippen molar-refractivity contribution in [1.29, 1.82) is 5.26 Å². The molecular weight excluding hydrogens is 203 g/mol. The lowest BCUT2D eigenvalue weighted by Gasteiger charge is -2.02. The van der Waals surface area contributed by atoms with Gasteiger partial charge in [0.1, 0.15) is 11.9 Å². The second-order valence-corrected chi connectivity index (χ2v) is 3.51. The van der Waals surface area contributed by atoms with Crippen LogP contribution in [0, 0.1) is 24.1 Å². The Labute approximate surface area is 93.0 Å². The summed E-state index contributed by atoms with van der Waals surface area (Å²) in [5.41, 5.74) is 2.49. The number of aryl methyl sites for hydroxylation is 1. The molecule has 0 spiro atoms. The average Bonchev–Trinajstić information content (AvgIpc) is 2.33. The predicted octanol–water partition coefficient (Wildman–Crippen LogP) is 3.07. The molecule has 0 aliphatic heterocycles. The van der Waals surface area contributed by atoms with Crippen LogP contribution in [-0.2, 0) is 0 Å². The van der Waals surface area contributed by atoms with Crippen molar-refractivity contribution >= 4 is 0 Å². The summed E-state index contributed by atoms with van der Waals surface area (Å²) in [6.07, 6.45) is 1.48. The molecule has 2 rings (SSSR count). The highest BCUT2D eigenvalue weighted by Crippen LogP contribution is 2.19. The van der Waals surface area contributed by atoms with Gasteiger partial charge in [-0.15, -0.1) is 0 Å². The Kier molecular flexibility index (Phi) is 2.65. The van der Waals surface area contributed by atoms with Crippen LogP contribution in [0.3, 0.4) is 0 Å². The minimum atomic E-state index is -0.247. The molecule has 16 heavy (non-hydrogen) atoms. The molecule has 2 nitrogen and oxygen atoms in total. The molecule has 0 N–H and O–H groups in total. The summed E-state index contributed by atoms with van der Waals surface area (Å²) in [6, 6.07) is 10.3. The molecule has 0 aliphatic rings. The van der Waals surface area contributed by atoms with Gasteiger partial charge in [-0.3, -0.25) is 4.98 Å². The first-order valence-corrected chi connectivity index (χ1v) is 4.83. The fourth-order valence-corrected chi connectivity index (χ4v) is 1.38. The first kappa shape index (κ1) is 10.3. The Bertz CT molecular complexity index is 553. The van der Waals surface area contributed by atoms with Gasteiger partial charge in [0.15, 0.2) is 0 Å². The number of rotatable bonds is 1. The van der Waals surface area contributed by atoms with Gasteiger partial charge in [-0.25, -0.2) is 4.39 Å². The molecule has 0 aliphatic carbocycles. The van der Waals surface area contributed by atoms with Crippen molar-refractivity contribution in [2.75, 3.05) is 0 Å². The van der Waals surface area contributed by atoms with Gasteiger partial charge in [-0.2, -0.15) is 5.26 Å². The number of hydrogen-bond donors (Lipinski definition) is 0. The fraction of sp³-hybridized carbons (Fsp3) is 0.0769. The molecular formula is C13H9FN2. The molecule has 0 saturated heterocycles. The van der Waals surface area contributed by atoms with Crippen LogP contribution >= 0.6 is 0 Å². The van der Waals surface area contributed by atoms with Crippen molar-refractivity contribution in [3.8, 4) is 17.3 Å². The normalized spacial score (nSPS) is 9.81. The largest absolute Gasteiger partial charge is 0.255 e. The summed E-state index contributed by atoms with van der Waals surface area (Å²) in [6.45, 7) is 1.71. The molecule has 1 aromatic heterocycles. The molecule has 0 bridgehead atoms. The maximum atomic E-state index is 13.3. The molecule has 1 aromatic carbocycles. The zero-order valence-electron chi connectivity index (χ0n) is 8.74. The average molecular weight is 212 g/mol. The Morgan fingerprint density at radius 3 is 2.62 bits per heavy atom. The lowest BCUT2D eigenvalue weighted by Crippen LogP contribution is -1.87. The van der Waals surface area contributed by atoms with E-state index < -0.39 is 0 Å². The van der Waals surface area contributed by atoms with Gasteiger partial charge in [0, 0.05) is 11.8 Å². The smallest absolute Gasteiger partial charge is 0.126 e. The van der Waals surface area contributed by atoms with Gasteiger partial charge >= 0.3 is 0 Å². The quantitative estimate of drug-likeness (QED) is 0.728. The van der Waals surface area contributed by atoms with Crippen LogP contribution in [0.25, 0.3) is 11.3 Å². The number of benzene rings is 1. The van der Waals surface area contributed by atoms with Gasteiger partial charge in [-0.1, -0.05) is 12.1 Å². The topological polar surface area (TPSA) is 36.7 Å². The minimum Gasteiger partial charge on any atom is -0.255 e. The highest BCUT2D eigenvalue weighted by Gasteiger charge is 2.03. The summed E-state index contributed by atoms with van der Waals surface area (Å²) < 4.78 is 13.3. The van der Waals surface area contributed by atoms with E-state index >= 15 is 0 Å². The number of aromatic nitrogens is 1. The van der Waals surface area contributed by atoms with Gasteiger partial charge in [0.2, 0.25) is 0 Å². The van der Waals surface area contributed by atoms with Crippen LogP contribution in [0.4, 0.5) is 4.39 Å². The molecule has 0 unspecified atom stereocenters. The Morgan fingerprint density at radius 2 is 2.06 bits per heavy atom. The van der Waals surface area contributed by atoms with E-state index in [4.69, 9.17) is 5.26 Å². The van der Waals surface area contributed by atoms with Crippen molar-refractivity contribution in [1.82, 2.24) is 4.98 Å². The van der Waals surface area contributed by atoms with Crippen molar-refractivity contribution in [3.05, 3.63) is 53.5 Å². The van der Waals surface area contributed by atoms with Crippen LogP contribution in [-0.4, -0.2) is 4.98 Å². The first-order valence-electron chi connectivity index (χ1n) is 4.83. The minimum absolute atomic E-state index is 0.247. The molecule has 0 atom stereocenters. The lowest BCUT2D eigenvalue weighted by molar-refractivity contribution is 0.619. The maximum absolute atomic E-state index is 13.3. The molecule has 0 amide bonds. The molecule has 3 heteroatoms. The molecule has 0 fully saturated rings. The molecule has 1 heterocycles. The summed E-state index contributed by atoms with van der Waals surface area (Å²) in [7, 11) is 0. The number of nitriles is 1. The zero-order chi connectivity index (χ0) is 11.5. The third-order valence-electron chi connectivity index (χ3n) is 2.36. The summed E-state index contributed by atoms with van der Waals surface area (Å²) in [4.78, 5) is 4.10. The predicted molar refractivity (Wildman–Crippen MR) is 59.1 cm³/mol. The van der Waals surface area contributed by atoms with E-state index in [1.54, 1.807) is 25.1 Å². The van der Waals surface area contributed by atoms with Gasteiger partial charge in [0.25, 0.3) is 0 Å². The van der Waals surface area contributed by atoms with Crippen LogP contribution in [0.15, 0.2) is 36.5 Å². The molecule has 0 saturated carbocycles. The summed E-state index contributed by atoms with van der Waals surface area (Å²) >= 11 is 0. The molecule has 0 radical (unpaired) electrons. The third-order valence-corrected chi connectivity index (χ3v) is 2.36. The highest BCUT2D eigenvalue weighted by molar-refractivity contribution is 5.60. The van der Waals surface area contributed by atoms with Crippen LogP contribution in [0.2, 0.25) is 0 Å². The van der Waals surface area contributed by atoms with E-state index in [-0.39, 0.29) is 5.82 Å². The van der Waals surface area contributed by atoms with E-state index in [0.717, 1.165) is 0 Å². The monoisotopic (exact) mass is 212 g/mol. The molecule has 2 aromatic rings. The van der Waals surface area contributed by atoms with Gasteiger partial charge in [-0.05, 0) is 30.7 Å². The first-order chi connectivity index (χ1) is 7.70. The van der Waals surface area contributed by atoms with E-state index in [2.05, 4.69) is 4.98 Å². The van der Waals surface area contributed by atoms with Crippen molar-refractivity contribution in [2.45, 2.75) is 6.92 Å². The van der Waals surface area contributed by atoms with E-state index in [1.807, 2.05) is 12.1 Å².